The van der Waals surface area contributed by atoms with Crippen LogP contribution >= 0.6 is 0 Å². The number of benzene rings is 1. The number of hydrogen-bond donors (Lipinski definition) is 1. The molecule has 0 spiro atoms. The van der Waals surface area contributed by atoms with Crippen LogP contribution in [-0.2, 0) is 31.7 Å². The van der Waals surface area contributed by atoms with Crippen LogP contribution in [0.1, 0.15) is 42.7 Å². The van der Waals surface area contributed by atoms with Crippen LogP contribution in [0.3, 0.4) is 0 Å². The molecule has 2 heterocycles. The van der Waals surface area contributed by atoms with E-state index in [-0.39, 0.29) is 29.3 Å². The Morgan fingerprint density at radius 3 is 2.76 bits per heavy atom. The van der Waals surface area contributed by atoms with E-state index in [2.05, 4.69) is 20.4 Å². The topological polar surface area (TPSA) is 93.7 Å². The lowest BCUT2D eigenvalue weighted by molar-refractivity contribution is -0.150. The number of hydrogen-bond acceptors (Lipinski definition) is 8. The molecule has 1 aromatic heterocycles. The third kappa shape index (κ3) is 7.15. The van der Waals surface area contributed by atoms with Gasteiger partial charge in [-0.15, -0.1) is 0 Å². The highest BCUT2D eigenvalue weighted by atomic mass is 19.4. The van der Waals surface area contributed by atoms with Gasteiger partial charge in [-0.3, -0.25) is 9.69 Å². The van der Waals surface area contributed by atoms with Crippen LogP contribution in [-0.4, -0.2) is 66.4 Å². The molecular weight excluding hydrogens is 489 g/mol. The maximum absolute atomic E-state index is 13.2. The molecule has 2 aromatic rings. The largest absolute Gasteiger partial charge is 0.457 e. The summed E-state index contributed by atoms with van der Waals surface area (Å²) in [6, 6.07) is 6.50. The van der Waals surface area contributed by atoms with E-state index in [1.165, 1.54) is 12.1 Å². The van der Waals surface area contributed by atoms with E-state index in [0.29, 0.717) is 50.4 Å². The van der Waals surface area contributed by atoms with Gasteiger partial charge in [0, 0.05) is 37.3 Å². The van der Waals surface area contributed by atoms with Gasteiger partial charge >= 0.3 is 12.1 Å². The van der Waals surface area contributed by atoms with Crippen molar-refractivity contribution >= 4 is 11.9 Å². The van der Waals surface area contributed by atoms with Crippen molar-refractivity contribution in [3.8, 4) is 11.3 Å². The molecule has 1 aromatic carbocycles. The summed E-state index contributed by atoms with van der Waals surface area (Å²) < 4.78 is 50.6. The predicted molar refractivity (Wildman–Crippen MR) is 128 cm³/mol. The molecule has 0 saturated carbocycles. The fourth-order valence-corrected chi connectivity index (χ4v) is 4.55. The van der Waals surface area contributed by atoms with Crippen LogP contribution in [0.15, 0.2) is 36.0 Å². The lowest BCUT2D eigenvalue weighted by atomic mass is 9.85. The van der Waals surface area contributed by atoms with Crippen molar-refractivity contribution in [1.82, 2.24) is 20.4 Å². The summed E-state index contributed by atoms with van der Waals surface area (Å²) in [4.78, 5) is 26.3. The number of halogens is 3. The number of carbonyl (C=O) groups excluding carboxylic acids is 2. The minimum atomic E-state index is -4.48. The molecule has 1 aliphatic carbocycles. The molecule has 1 N–H and O–H groups in total. The molecule has 1 fully saturated rings. The van der Waals surface area contributed by atoms with Gasteiger partial charge in [-0.25, -0.2) is 4.79 Å². The molecule has 0 amide bonds. The first-order chi connectivity index (χ1) is 17.7. The van der Waals surface area contributed by atoms with E-state index < -0.39 is 23.8 Å². The van der Waals surface area contributed by atoms with Crippen molar-refractivity contribution in [3.05, 3.63) is 52.8 Å². The third-order valence-electron chi connectivity index (χ3n) is 6.48. The van der Waals surface area contributed by atoms with Gasteiger partial charge in [0.25, 0.3) is 0 Å². The average Bonchev–Trinajstić information content (AvgIpc) is 2.88. The van der Waals surface area contributed by atoms with Crippen LogP contribution in [0.5, 0.6) is 0 Å². The SMILES string of the molecule is CC1Cc2nnc(-c3cccc(C(F)(F)F)c3)cc2C(OC(=O)CC(=C=O)NCCN2CCOCC2)C1. The Labute approximate surface area is 212 Å². The summed E-state index contributed by atoms with van der Waals surface area (Å²) in [5.41, 5.74) is 1.12. The zero-order valence-corrected chi connectivity index (χ0v) is 20.5. The van der Waals surface area contributed by atoms with E-state index in [0.717, 1.165) is 25.2 Å². The van der Waals surface area contributed by atoms with Crippen LogP contribution in [0.4, 0.5) is 13.2 Å². The second-order valence-corrected chi connectivity index (χ2v) is 9.37. The first-order valence-corrected chi connectivity index (χ1v) is 12.2. The van der Waals surface area contributed by atoms with Crippen molar-refractivity contribution in [1.29, 1.82) is 0 Å². The summed E-state index contributed by atoms with van der Waals surface area (Å²) in [7, 11) is 0. The van der Waals surface area contributed by atoms with E-state index >= 15 is 0 Å². The molecule has 8 nitrogen and oxygen atoms in total. The van der Waals surface area contributed by atoms with Crippen molar-refractivity contribution in [2.45, 2.75) is 38.5 Å². The smallest absolute Gasteiger partial charge is 0.416 e. The number of rotatable bonds is 8. The number of alkyl halides is 3. The quantitative estimate of drug-likeness (QED) is 0.420. The Balaban J connectivity index is 1.43. The number of morpholine rings is 1. The van der Waals surface area contributed by atoms with E-state index in [9.17, 15) is 22.8 Å². The molecule has 0 bridgehead atoms. The zero-order chi connectivity index (χ0) is 26.4. The lowest BCUT2D eigenvalue weighted by Gasteiger charge is -2.29. The van der Waals surface area contributed by atoms with Crippen molar-refractivity contribution in [3.63, 3.8) is 0 Å². The van der Waals surface area contributed by atoms with Gasteiger partial charge in [0.2, 0.25) is 0 Å². The number of fused-ring (bicyclic) bond motifs is 1. The van der Waals surface area contributed by atoms with Gasteiger partial charge in [0.1, 0.15) is 17.7 Å². The molecule has 37 heavy (non-hydrogen) atoms. The van der Waals surface area contributed by atoms with E-state index in [4.69, 9.17) is 9.47 Å². The summed E-state index contributed by atoms with van der Waals surface area (Å²) in [5.74, 6) is 1.34. The first kappa shape index (κ1) is 26.8. The van der Waals surface area contributed by atoms with Gasteiger partial charge in [-0.1, -0.05) is 19.1 Å². The van der Waals surface area contributed by atoms with Gasteiger partial charge < -0.3 is 14.8 Å². The molecule has 4 rings (SSSR count). The maximum atomic E-state index is 13.2. The summed E-state index contributed by atoms with van der Waals surface area (Å²) in [6.07, 6.45) is -4.25. The summed E-state index contributed by atoms with van der Waals surface area (Å²) >= 11 is 0. The van der Waals surface area contributed by atoms with E-state index in [1.54, 1.807) is 12.0 Å². The highest BCUT2D eigenvalue weighted by Gasteiger charge is 2.32. The normalized spacial score (nSPS) is 20.0. The molecule has 2 unspecified atom stereocenters. The van der Waals surface area contributed by atoms with Crippen LogP contribution < -0.4 is 5.32 Å². The van der Waals surface area contributed by atoms with Crippen LogP contribution in [0.25, 0.3) is 11.3 Å². The molecule has 0 radical (unpaired) electrons. The van der Waals surface area contributed by atoms with Crippen molar-refractivity contribution in [2.75, 3.05) is 39.4 Å². The van der Waals surface area contributed by atoms with E-state index in [1.807, 2.05) is 6.92 Å². The number of aromatic nitrogens is 2. The highest BCUT2D eigenvalue weighted by molar-refractivity contribution is 5.76. The predicted octanol–water partition coefficient (Wildman–Crippen LogP) is 3.36. The van der Waals surface area contributed by atoms with Gasteiger partial charge in [0.15, 0.2) is 0 Å². The van der Waals surface area contributed by atoms with Crippen LogP contribution in [0, 0.1) is 5.92 Å². The molecule has 198 valence electrons. The number of nitrogens with one attached hydrogen (secondary N) is 1. The van der Waals surface area contributed by atoms with Gasteiger partial charge in [-0.05, 0) is 37.0 Å². The minimum Gasteiger partial charge on any atom is -0.457 e. The number of nitrogens with zero attached hydrogens (tertiary/aromatic N) is 3. The number of carbonyl (C=O) groups is 1. The fraction of sp³-hybridized carbons (Fsp3) is 0.500. The first-order valence-electron chi connectivity index (χ1n) is 12.2. The molecule has 2 atom stereocenters. The molecule has 11 heteroatoms. The Kier molecular flexibility index (Phi) is 8.58. The second-order valence-electron chi connectivity index (χ2n) is 9.37. The highest BCUT2D eigenvalue weighted by Crippen LogP contribution is 2.37. The van der Waals surface area contributed by atoms with Crippen LogP contribution in [0.2, 0.25) is 0 Å². The Hall–Kier alpha value is -3.27. The molecule has 1 aliphatic heterocycles. The molecular formula is C26H29F3N4O4. The number of esters is 1. The number of ether oxygens (including phenoxy) is 2. The Morgan fingerprint density at radius 2 is 2.03 bits per heavy atom. The fourth-order valence-electron chi connectivity index (χ4n) is 4.55. The average molecular weight is 519 g/mol. The third-order valence-corrected chi connectivity index (χ3v) is 6.48. The molecule has 2 aliphatic rings. The monoisotopic (exact) mass is 518 g/mol. The van der Waals surface area contributed by atoms with Gasteiger partial charge in [0.05, 0.1) is 36.6 Å². The minimum absolute atomic E-state index is 0.111. The summed E-state index contributed by atoms with van der Waals surface area (Å²) in [6.45, 7) is 6.15. The second kappa shape index (κ2) is 11.9. The maximum Gasteiger partial charge on any atom is 0.416 e. The van der Waals surface area contributed by atoms with Crippen molar-refractivity contribution in [2.24, 2.45) is 5.92 Å². The summed E-state index contributed by atoms with van der Waals surface area (Å²) in [5, 5.41) is 11.3. The standard InChI is InChI=1S/C26H29F3N4O4/c1-17-11-23-21(15-22(31-32-23)18-3-2-4-19(13-18)26(27,28)29)24(12-17)37-25(35)14-20(16-34)30-5-6-33-7-9-36-10-8-33/h2-4,13,15,17,24,30H,5-12,14H2,1H3. The molecule has 1 saturated heterocycles. The van der Waals surface area contributed by atoms with Gasteiger partial charge in [-0.2, -0.15) is 23.4 Å². The lowest BCUT2D eigenvalue weighted by Crippen LogP contribution is -2.40. The Bertz CT molecular complexity index is 1160. The Morgan fingerprint density at radius 1 is 1.24 bits per heavy atom. The van der Waals surface area contributed by atoms with Crippen molar-refractivity contribution < 1.29 is 32.2 Å². The zero-order valence-electron chi connectivity index (χ0n) is 20.5.